The molecule has 1 unspecified atom stereocenters. The number of dihydropyridines is 1. The number of amides is 1. The van der Waals surface area contributed by atoms with E-state index in [2.05, 4.69) is 20.2 Å². The smallest absolute Gasteiger partial charge is 0.218 e. The fraction of sp³-hybridized carbons (Fsp3) is 0.136. The molecule has 3 heterocycles. The number of pyridine rings is 1. The minimum Gasteiger partial charge on any atom is -0.370 e. The zero-order valence-corrected chi connectivity index (χ0v) is 15.2. The van der Waals surface area contributed by atoms with E-state index in [1.54, 1.807) is 12.4 Å². The third-order valence-electron chi connectivity index (χ3n) is 4.87. The molecular weight excluding hydrogens is 350 g/mol. The van der Waals surface area contributed by atoms with Gasteiger partial charge in [-0.15, -0.1) is 0 Å². The molecule has 0 radical (unpaired) electrons. The molecule has 6 nitrogen and oxygen atoms in total. The number of carbonyl (C=O) groups excluding carboxylic acids is 1. The quantitative estimate of drug-likeness (QED) is 0.748. The first-order valence-electron chi connectivity index (χ1n) is 8.97. The Morgan fingerprint density at radius 2 is 1.86 bits per heavy atom. The number of rotatable bonds is 5. The molecule has 138 valence electrons. The van der Waals surface area contributed by atoms with Crippen LogP contribution in [-0.4, -0.2) is 33.3 Å². The monoisotopic (exact) mass is 369 g/mol. The Balaban J connectivity index is 1.65. The second-order valence-electron chi connectivity index (χ2n) is 6.76. The predicted molar refractivity (Wildman–Crippen MR) is 108 cm³/mol. The number of carbonyl (C=O) groups is 1. The third-order valence-corrected chi connectivity index (χ3v) is 4.87. The number of allylic oxidation sites excluding steroid dienone is 1. The van der Waals surface area contributed by atoms with E-state index in [9.17, 15) is 4.79 Å². The number of nitrogens with zero attached hydrogens (tertiary/aromatic N) is 4. The summed E-state index contributed by atoms with van der Waals surface area (Å²) in [6, 6.07) is 15.8. The lowest BCUT2D eigenvalue weighted by Gasteiger charge is -2.31. The molecule has 4 rings (SSSR count). The summed E-state index contributed by atoms with van der Waals surface area (Å²) in [5.74, 6) is -0.374. The molecule has 3 aromatic rings. The van der Waals surface area contributed by atoms with Gasteiger partial charge in [0.1, 0.15) is 0 Å². The minimum atomic E-state index is -0.599. The van der Waals surface area contributed by atoms with Gasteiger partial charge in [-0.2, -0.15) is 10.2 Å². The van der Waals surface area contributed by atoms with Crippen LogP contribution in [0.4, 0.5) is 0 Å². The molecule has 1 aromatic carbocycles. The Labute approximate surface area is 162 Å². The Bertz CT molecular complexity index is 1030. The fourth-order valence-corrected chi connectivity index (χ4v) is 3.38. The van der Waals surface area contributed by atoms with Crippen LogP contribution < -0.4 is 5.73 Å². The van der Waals surface area contributed by atoms with Gasteiger partial charge in [0.2, 0.25) is 5.91 Å². The topological polar surface area (TPSA) is 94.1 Å². The number of aliphatic imine (C=N–C) groups is 1. The number of hydrogen-bond donors (Lipinski definition) is 1. The number of hydrogen-bond acceptors (Lipinski definition) is 5. The van der Waals surface area contributed by atoms with Crippen molar-refractivity contribution >= 4 is 11.6 Å². The molecular formula is C22H19N5O. The molecule has 1 aliphatic rings. The summed E-state index contributed by atoms with van der Waals surface area (Å²) < 4.78 is 0. The summed E-state index contributed by atoms with van der Waals surface area (Å²) >= 11 is 0. The molecule has 6 heteroatoms. The summed E-state index contributed by atoms with van der Waals surface area (Å²) in [6.07, 6.45) is 9.18. The van der Waals surface area contributed by atoms with E-state index in [1.165, 1.54) is 0 Å². The van der Waals surface area contributed by atoms with Crippen molar-refractivity contribution in [1.29, 1.82) is 0 Å². The molecule has 28 heavy (non-hydrogen) atoms. The van der Waals surface area contributed by atoms with Crippen molar-refractivity contribution in [2.24, 2.45) is 10.7 Å². The Hall–Kier alpha value is -3.67. The van der Waals surface area contributed by atoms with Crippen LogP contribution in [0.1, 0.15) is 17.5 Å². The standard InChI is InChI=1S/C22H19N5O/c23-21(28)12-22(10-8-20(25-15-22)17-9-11-26-27-13-17)18-6-7-19(24-14-18)16-4-2-1-3-5-16/h1-11,13-14H,12,15H2,(H2,23,28). The average Bonchev–Trinajstić information content (AvgIpc) is 2.75. The maximum absolute atomic E-state index is 11.8. The highest BCUT2D eigenvalue weighted by atomic mass is 16.1. The summed E-state index contributed by atoms with van der Waals surface area (Å²) in [6.45, 7) is 0.413. The highest BCUT2D eigenvalue weighted by Gasteiger charge is 2.34. The van der Waals surface area contributed by atoms with E-state index < -0.39 is 5.41 Å². The molecule has 0 saturated carbocycles. The van der Waals surface area contributed by atoms with Gasteiger partial charge in [-0.25, -0.2) is 0 Å². The Kier molecular flexibility index (Phi) is 4.76. The van der Waals surface area contributed by atoms with Crippen molar-refractivity contribution in [1.82, 2.24) is 15.2 Å². The van der Waals surface area contributed by atoms with Gasteiger partial charge in [-0.1, -0.05) is 42.5 Å². The fourth-order valence-electron chi connectivity index (χ4n) is 3.38. The molecule has 0 spiro atoms. The summed E-state index contributed by atoms with van der Waals surface area (Å²) in [7, 11) is 0. The van der Waals surface area contributed by atoms with Crippen molar-refractivity contribution in [3.8, 4) is 11.3 Å². The highest BCUT2D eigenvalue weighted by Crippen LogP contribution is 2.33. The molecule has 0 aliphatic carbocycles. The molecule has 0 fully saturated rings. The largest absolute Gasteiger partial charge is 0.370 e. The first kappa shape index (κ1) is 17.7. The van der Waals surface area contributed by atoms with Crippen LogP contribution >= 0.6 is 0 Å². The van der Waals surface area contributed by atoms with Crippen molar-refractivity contribution in [2.75, 3.05) is 6.54 Å². The van der Waals surface area contributed by atoms with Crippen molar-refractivity contribution in [3.05, 3.63) is 90.4 Å². The summed E-state index contributed by atoms with van der Waals surface area (Å²) in [4.78, 5) is 21.1. The van der Waals surface area contributed by atoms with Crippen LogP contribution in [0, 0.1) is 0 Å². The van der Waals surface area contributed by atoms with Gasteiger partial charge in [-0.3, -0.25) is 14.8 Å². The van der Waals surface area contributed by atoms with E-state index in [0.29, 0.717) is 6.54 Å². The van der Waals surface area contributed by atoms with Crippen LogP contribution in [0.15, 0.2) is 84.3 Å². The average molecular weight is 369 g/mol. The van der Waals surface area contributed by atoms with Crippen molar-refractivity contribution < 1.29 is 4.79 Å². The van der Waals surface area contributed by atoms with Gasteiger partial charge in [-0.05, 0) is 23.8 Å². The zero-order chi connectivity index (χ0) is 19.4. The Morgan fingerprint density at radius 3 is 2.46 bits per heavy atom. The van der Waals surface area contributed by atoms with Gasteiger partial charge in [0, 0.05) is 29.2 Å². The maximum atomic E-state index is 11.8. The maximum Gasteiger partial charge on any atom is 0.218 e. The minimum absolute atomic E-state index is 0.168. The molecule has 1 atom stereocenters. The molecule has 0 bridgehead atoms. The predicted octanol–water partition coefficient (Wildman–Crippen LogP) is 2.71. The van der Waals surface area contributed by atoms with Crippen LogP contribution in [0.25, 0.3) is 11.3 Å². The van der Waals surface area contributed by atoms with Gasteiger partial charge < -0.3 is 5.73 Å². The molecule has 2 aromatic heterocycles. The van der Waals surface area contributed by atoms with Crippen LogP contribution in [0.2, 0.25) is 0 Å². The van der Waals surface area contributed by atoms with Gasteiger partial charge in [0.15, 0.2) is 0 Å². The summed E-state index contributed by atoms with van der Waals surface area (Å²) in [5, 5.41) is 7.68. The first-order valence-corrected chi connectivity index (χ1v) is 8.97. The molecule has 1 aliphatic heterocycles. The van der Waals surface area contributed by atoms with E-state index in [1.807, 2.05) is 66.9 Å². The number of primary amides is 1. The Morgan fingerprint density at radius 1 is 1.00 bits per heavy atom. The molecule has 0 saturated heterocycles. The second-order valence-corrected chi connectivity index (χ2v) is 6.76. The SMILES string of the molecule is NC(=O)CC1(c2ccc(-c3ccccc3)nc2)C=CC(c2ccnnc2)=NC1. The van der Waals surface area contributed by atoms with Crippen LogP contribution in [-0.2, 0) is 10.2 Å². The van der Waals surface area contributed by atoms with Gasteiger partial charge in [0.25, 0.3) is 0 Å². The number of nitrogens with two attached hydrogens (primary N) is 1. The number of benzene rings is 1. The summed E-state index contributed by atoms with van der Waals surface area (Å²) in [5.41, 5.74) is 9.49. The van der Waals surface area contributed by atoms with Gasteiger partial charge in [0.05, 0.1) is 30.3 Å². The normalized spacial score (nSPS) is 18.5. The van der Waals surface area contributed by atoms with E-state index in [-0.39, 0.29) is 12.3 Å². The second kappa shape index (κ2) is 7.52. The number of aromatic nitrogens is 3. The van der Waals surface area contributed by atoms with Crippen molar-refractivity contribution in [2.45, 2.75) is 11.8 Å². The van der Waals surface area contributed by atoms with Crippen LogP contribution in [0.5, 0.6) is 0 Å². The lowest BCUT2D eigenvalue weighted by molar-refractivity contribution is -0.118. The highest BCUT2D eigenvalue weighted by molar-refractivity contribution is 6.09. The third kappa shape index (κ3) is 3.57. The van der Waals surface area contributed by atoms with Crippen molar-refractivity contribution in [3.63, 3.8) is 0 Å². The van der Waals surface area contributed by atoms with E-state index >= 15 is 0 Å². The van der Waals surface area contributed by atoms with E-state index in [0.717, 1.165) is 28.1 Å². The zero-order valence-electron chi connectivity index (χ0n) is 15.2. The van der Waals surface area contributed by atoms with E-state index in [4.69, 9.17) is 5.73 Å². The van der Waals surface area contributed by atoms with Crippen LogP contribution in [0.3, 0.4) is 0 Å². The first-order chi connectivity index (χ1) is 13.7. The lowest BCUT2D eigenvalue weighted by Crippen LogP contribution is -2.35. The lowest BCUT2D eigenvalue weighted by atomic mass is 9.76. The molecule has 1 amide bonds. The van der Waals surface area contributed by atoms with Gasteiger partial charge >= 0.3 is 0 Å². The molecule has 2 N–H and O–H groups in total.